The van der Waals surface area contributed by atoms with E-state index < -0.39 is 44.9 Å². The lowest BCUT2D eigenvalue weighted by Gasteiger charge is -2.41. The van der Waals surface area contributed by atoms with Crippen LogP contribution in [-0.2, 0) is 19.2 Å². The van der Waals surface area contributed by atoms with Crippen LogP contribution in [-0.4, -0.2) is 50.5 Å². The number of benzene rings is 2. The zero-order valence-electron chi connectivity index (χ0n) is 20.0. The average Bonchev–Trinajstić information content (AvgIpc) is 3.25. The number of hydrogen-bond donors (Lipinski definition) is 2. The van der Waals surface area contributed by atoms with Crippen LogP contribution in [0.5, 0.6) is 0 Å². The summed E-state index contributed by atoms with van der Waals surface area (Å²) >= 11 is 3.70. The molecule has 1 aliphatic heterocycles. The summed E-state index contributed by atoms with van der Waals surface area (Å²) in [5.74, 6) is -3.08. The normalized spacial score (nSPS) is 31.8. The van der Waals surface area contributed by atoms with Gasteiger partial charge >= 0.3 is 5.97 Å². The van der Waals surface area contributed by atoms with Gasteiger partial charge in [-0.1, -0.05) is 76.6 Å². The molecule has 2 aromatic carbocycles. The Morgan fingerprint density at radius 3 is 2.06 bits per heavy atom. The first kappa shape index (κ1) is 24.6. The van der Waals surface area contributed by atoms with Crippen molar-refractivity contribution in [3.63, 3.8) is 0 Å². The SMILES string of the molecule is CC12C(=O)C(C)(C(c3ccccc3)=C1c1ccccc1)C1(Br)C(=O)N(CCCC(N)C(=O)O)C(=O)C21. The highest BCUT2D eigenvalue weighted by Crippen LogP contribution is 2.77. The highest BCUT2D eigenvalue weighted by Gasteiger charge is 2.85. The van der Waals surface area contributed by atoms with Crippen LogP contribution in [0.15, 0.2) is 60.7 Å². The maximum Gasteiger partial charge on any atom is 0.320 e. The maximum absolute atomic E-state index is 14.3. The second-order valence-corrected chi connectivity index (χ2v) is 11.4. The third kappa shape index (κ3) is 2.88. The minimum absolute atomic E-state index is 0.0458. The molecule has 5 rings (SSSR count). The molecule has 1 saturated heterocycles. The number of carbonyl (C=O) groups excluding carboxylic acids is 3. The van der Waals surface area contributed by atoms with E-state index in [1.165, 1.54) is 4.90 Å². The molecule has 0 radical (unpaired) electrons. The van der Waals surface area contributed by atoms with Gasteiger partial charge in [0.15, 0.2) is 5.78 Å². The smallest absolute Gasteiger partial charge is 0.320 e. The molecule has 2 aromatic rings. The topological polar surface area (TPSA) is 118 Å². The van der Waals surface area contributed by atoms with Gasteiger partial charge in [-0.2, -0.15) is 0 Å². The third-order valence-electron chi connectivity index (χ3n) is 8.31. The number of imide groups is 1. The number of rotatable bonds is 7. The summed E-state index contributed by atoms with van der Waals surface area (Å²) in [5.41, 5.74) is 6.30. The Morgan fingerprint density at radius 1 is 1.00 bits per heavy atom. The maximum atomic E-state index is 14.3. The Balaban J connectivity index is 1.67. The van der Waals surface area contributed by atoms with Crippen LogP contribution in [0.4, 0.5) is 0 Å². The van der Waals surface area contributed by atoms with Gasteiger partial charge in [0, 0.05) is 6.54 Å². The molecule has 5 atom stereocenters. The number of alkyl halides is 1. The number of carboxylic acids is 1. The Kier molecular flexibility index (Phi) is 5.61. The highest BCUT2D eigenvalue weighted by atomic mass is 79.9. The van der Waals surface area contributed by atoms with Crippen molar-refractivity contribution in [2.24, 2.45) is 22.5 Å². The van der Waals surface area contributed by atoms with E-state index in [-0.39, 0.29) is 25.2 Å². The first-order chi connectivity index (χ1) is 17.0. The van der Waals surface area contributed by atoms with E-state index in [4.69, 9.17) is 10.8 Å². The number of allylic oxidation sites excluding steroid dienone is 2. The highest BCUT2D eigenvalue weighted by molar-refractivity contribution is 9.10. The number of amides is 2. The molecule has 3 N–H and O–H groups in total. The minimum atomic E-state index is -1.44. The summed E-state index contributed by atoms with van der Waals surface area (Å²) in [7, 11) is 0. The van der Waals surface area contributed by atoms with E-state index >= 15 is 0 Å². The Labute approximate surface area is 217 Å². The Bertz CT molecular complexity index is 1330. The zero-order valence-corrected chi connectivity index (χ0v) is 21.6. The Hall–Kier alpha value is -3.10. The van der Waals surface area contributed by atoms with Crippen LogP contribution in [0.1, 0.15) is 37.8 Å². The minimum Gasteiger partial charge on any atom is -0.480 e. The molecule has 2 aliphatic carbocycles. The van der Waals surface area contributed by atoms with Crippen molar-refractivity contribution in [2.45, 2.75) is 37.1 Å². The van der Waals surface area contributed by atoms with E-state index in [1.807, 2.05) is 60.7 Å². The number of nitrogens with zero attached hydrogens (tertiary/aromatic N) is 1. The van der Waals surface area contributed by atoms with Gasteiger partial charge < -0.3 is 10.8 Å². The fraction of sp³-hybridized carbons (Fsp3) is 0.357. The molecule has 5 unspecified atom stereocenters. The van der Waals surface area contributed by atoms with Crippen LogP contribution < -0.4 is 5.73 Å². The summed E-state index contributed by atoms with van der Waals surface area (Å²) in [4.78, 5) is 54.4. The summed E-state index contributed by atoms with van der Waals surface area (Å²) < 4.78 is -1.44. The molecule has 0 spiro atoms. The number of hydrogen-bond acceptors (Lipinski definition) is 5. The number of aliphatic carboxylic acids is 1. The van der Waals surface area contributed by atoms with E-state index in [2.05, 4.69) is 15.9 Å². The molecule has 8 heteroatoms. The molecule has 3 aliphatic rings. The van der Waals surface area contributed by atoms with Crippen LogP contribution in [0.2, 0.25) is 0 Å². The fourth-order valence-corrected chi connectivity index (χ4v) is 7.91. The molecular weight excluding hydrogens is 524 g/mol. The first-order valence-corrected chi connectivity index (χ1v) is 12.8. The van der Waals surface area contributed by atoms with E-state index in [0.29, 0.717) is 0 Å². The molecule has 2 fully saturated rings. The second-order valence-electron chi connectivity index (χ2n) is 10.2. The lowest BCUT2D eigenvalue weighted by Crippen LogP contribution is -2.50. The van der Waals surface area contributed by atoms with Crippen LogP contribution in [0.3, 0.4) is 0 Å². The monoisotopic (exact) mass is 550 g/mol. The van der Waals surface area contributed by atoms with Gasteiger partial charge in [0.1, 0.15) is 10.4 Å². The zero-order chi connectivity index (χ0) is 26.0. The lowest BCUT2D eigenvalue weighted by molar-refractivity contribution is -0.144. The number of nitrogens with two attached hydrogens (primary N) is 1. The molecule has 2 amide bonds. The number of carboxylic acid groups (broad SMARTS) is 1. The van der Waals surface area contributed by atoms with Crippen molar-refractivity contribution in [1.29, 1.82) is 0 Å². The van der Waals surface area contributed by atoms with E-state index in [9.17, 15) is 19.2 Å². The van der Waals surface area contributed by atoms with E-state index in [1.54, 1.807) is 13.8 Å². The van der Waals surface area contributed by atoms with E-state index in [0.717, 1.165) is 22.3 Å². The van der Waals surface area contributed by atoms with Gasteiger partial charge in [0.05, 0.1) is 16.7 Å². The molecular formula is C28H27BrN2O5. The predicted molar refractivity (Wildman–Crippen MR) is 138 cm³/mol. The van der Waals surface area contributed by atoms with Crippen molar-refractivity contribution in [1.82, 2.24) is 4.90 Å². The van der Waals surface area contributed by atoms with Crippen LogP contribution >= 0.6 is 15.9 Å². The van der Waals surface area contributed by atoms with Crippen molar-refractivity contribution in [3.05, 3.63) is 71.8 Å². The van der Waals surface area contributed by atoms with Gasteiger partial charge in [-0.3, -0.25) is 24.1 Å². The van der Waals surface area contributed by atoms with Crippen LogP contribution in [0, 0.1) is 16.7 Å². The number of Topliss-reactive ketones (excluding diaryl/α,β-unsaturated/α-hetero) is 1. The molecule has 186 valence electrons. The van der Waals surface area contributed by atoms with Crippen LogP contribution in [0.25, 0.3) is 11.1 Å². The first-order valence-electron chi connectivity index (χ1n) is 12.0. The quantitative estimate of drug-likeness (QED) is 0.402. The van der Waals surface area contributed by atoms with Gasteiger partial charge in [0.2, 0.25) is 11.8 Å². The van der Waals surface area contributed by atoms with Gasteiger partial charge in [0.25, 0.3) is 0 Å². The van der Waals surface area contributed by atoms with Crippen molar-refractivity contribution < 1.29 is 24.3 Å². The van der Waals surface area contributed by atoms with Gasteiger partial charge in [-0.05, 0) is 49.0 Å². The number of ketones is 1. The number of likely N-dealkylation sites (tertiary alicyclic amines) is 1. The number of fused-ring (bicyclic) bond motifs is 5. The van der Waals surface area contributed by atoms with Gasteiger partial charge in [-0.15, -0.1) is 0 Å². The standard InChI is InChI=1S/C28H27BrN2O5/c1-26-19(16-10-5-3-6-11-16)20(17-12-7-4-8-13-17)27(2,24(26)35)28(29)21(26)22(32)31(25(28)36)15-9-14-18(30)23(33)34/h3-8,10-13,18,21H,9,14-15,30H2,1-2H3,(H,33,34). The summed E-state index contributed by atoms with van der Waals surface area (Å²) in [6.07, 6.45) is 0.384. The second kappa shape index (κ2) is 8.21. The van der Waals surface area contributed by atoms with Crippen molar-refractivity contribution in [2.75, 3.05) is 6.54 Å². The molecule has 1 saturated carbocycles. The third-order valence-corrected chi connectivity index (χ3v) is 9.90. The average molecular weight is 551 g/mol. The van der Waals surface area contributed by atoms with Crippen molar-refractivity contribution in [3.8, 4) is 0 Å². The summed E-state index contributed by atoms with van der Waals surface area (Å²) in [6.45, 7) is 3.61. The number of halogens is 1. The summed E-state index contributed by atoms with van der Waals surface area (Å²) in [5, 5.41) is 9.08. The molecule has 7 nitrogen and oxygen atoms in total. The molecule has 36 heavy (non-hydrogen) atoms. The summed E-state index contributed by atoms with van der Waals surface area (Å²) in [6, 6.07) is 18.0. The van der Waals surface area contributed by atoms with Crippen molar-refractivity contribution >= 4 is 50.6 Å². The lowest BCUT2D eigenvalue weighted by atomic mass is 9.63. The molecule has 2 bridgehead atoms. The molecule has 0 aromatic heterocycles. The Morgan fingerprint density at radius 2 is 1.53 bits per heavy atom. The number of carbonyl (C=O) groups is 4. The predicted octanol–water partition coefficient (Wildman–Crippen LogP) is 3.52. The van der Waals surface area contributed by atoms with Gasteiger partial charge in [-0.25, -0.2) is 0 Å². The molecule has 1 heterocycles. The largest absolute Gasteiger partial charge is 0.480 e. The fourth-order valence-electron chi connectivity index (χ4n) is 6.66.